The molecule has 3 heteroatoms. The summed E-state index contributed by atoms with van der Waals surface area (Å²) in [6, 6.07) is 8.20. The van der Waals surface area contributed by atoms with Crippen molar-refractivity contribution >= 4 is 11.7 Å². The predicted molar refractivity (Wildman–Crippen MR) is 95.5 cm³/mol. The fraction of sp³-hybridized carbons (Fsp3) is 0.632. The van der Waals surface area contributed by atoms with Crippen LogP contribution in [0.15, 0.2) is 24.3 Å². The number of hydrogen-bond acceptors (Lipinski definition) is 1. The van der Waals surface area contributed by atoms with Gasteiger partial charge in [-0.25, -0.2) is 4.79 Å². The number of benzene rings is 1. The second kappa shape index (κ2) is 8.82. The number of unbranched alkanes of at least 4 members (excludes halogenated alkanes) is 2. The van der Waals surface area contributed by atoms with E-state index < -0.39 is 0 Å². The molecule has 0 spiro atoms. The van der Waals surface area contributed by atoms with Crippen molar-refractivity contribution < 1.29 is 4.79 Å². The topological polar surface area (TPSA) is 32.3 Å². The first-order chi connectivity index (χ1) is 10.4. The molecule has 0 saturated carbocycles. The smallest absolute Gasteiger partial charge is 0.321 e. The Hall–Kier alpha value is -1.51. The number of carbonyl (C=O) groups excluding carboxylic acids is 1. The molecule has 22 heavy (non-hydrogen) atoms. The van der Waals surface area contributed by atoms with Gasteiger partial charge in [-0.3, -0.25) is 0 Å². The van der Waals surface area contributed by atoms with Gasteiger partial charge in [0.15, 0.2) is 0 Å². The van der Waals surface area contributed by atoms with Gasteiger partial charge < -0.3 is 10.2 Å². The van der Waals surface area contributed by atoms with Crippen LogP contribution in [-0.2, 0) is 5.41 Å². The minimum absolute atomic E-state index is 0.0189. The van der Waals surface area contributed by atoms with E-state index in [1.807, 2.05) is 17.0 Å². The quantitative estimate of drug-likeness (QED) is 0.717. The normalized spacial score (nSPS) is 11.3. The second-order valence-electron chi connectivity index (χ2n) is 6.95. The SMILES string of the molecule is CCCCN(CCCC)C(=O)Nc1ccc(C(C)(C)C)cc1. The summed E-state index contributed by atoms with van der Waals surface area (Å²) in [6.07, 6.45) is 4.33. The molecule has 0 fully saturated rings. The molecule has 0 radical (unpaired) electrons. The molecule has 1 N–H and O–H groups in total. The Kier molecular flexibility index (Phi) is 7.43. The number of amides is 2. The van der Waals surface area contributed by atoms with Crippen molar-refractivity contribution in [2.45, 2.75) is 65.7 Å². The lowest BCUT2D eigenvalue weighted by molar-refractivity contribution is 0.210. The van der Waals surface area contributed by atoms with Crippen LogP contribution in [0.3, 0.4) is 0 Å². The van der Waals surface area contributed by atoms with Gasteiger partial charge in [-0.1, -0.05) is 59.6 Å². The molecule has 1 aromatic rings. The van der Waals surface area contributed by atoms with Crippen molar-refractivity contribution in [2.75, 3.05) is 18.4 Å². The highest BCUT2D eigenvalue weighted by molar-refractivity contribution is 5.89. The summed E-state index contributed by atoms with van der Waals surface area (Å²) in [5.74, 6) is 0. The molecule has 3 nitrogen and oxygen atoms in total. The van der Waals surface area contributed by atoms with E-state index in [0.717, 1.165) is 44.5 Å². The Morgan fingerprint density at radius 2 is 1.50 bits per heavy atom. The van der Waals surface area contributed by atoms with Crippen LogP contribution in [0.2, 0.25) is 0 Å². The third kappa shape index (κ3) is 6.08. The number of hydrogen-bond donors (Lipinski definition) is 1. The molecule has 124 valence electrons. The van der Waals surface area contributed by atoms with Crippen molar-refractivity contribution in [3.05, 3.63) is 29.8 Å². The van der Waals surface area contributed by atoms with Crippen LogP contribution in [0.1, 0.15) is 65.9 Å². The Labute approximate surface area is 136 Å². The van der Waals surface area contributed by atoms with E-state index in [4.69, 9.17) is 0 Å². The zero-order valence-corrected chi connectivity index (χ0v) is 14.9. The largest absolute Gasteiger partial charge is 0.325 e. The molecule has 0 aliphatic rings. The maximum atomic E-state index is 12.4. The Morgan fingerprint density at radius 3 is 1.91 bits per heavy atom. The highest BCUT2D eigenvalue weighted by atomic mass is 16.2. The van der Waals surface area contributed by atoms with Crippen molar-refractivity contribution in [1.29, 1.82) is 0 Å². The molecule has 0 aromatic heterocycles. The molecule has 1 aromatic carbocycles. The lowest BCUT2D eigenvalue weighted by Crippen LogP contribution is -2.36. The maximum Gasteiger partial charge on any atom is 0.321 e. The van der Waals surface area contributed by atoms with Crippen LogP contribution < -0.4 is 5.32 Å². The van der Waals surface area contributed by atoms with E-state index in [0.29, 0.717) is 0 Å². The van der Waals surface area contributed by atoms with E-state index in [-0.39, 0.29) is 11.4 Å². The molecule has 0 bridgehead atoms. The number of rotatable bonds is 7. The van der Waals surface area contributed by atoms with E-state index in [9.17, 15) is 4.79 Å². The van der Waals surface area contributed by atoms with Crippen molar-refractivity contribution in [2.24, 2.45) is 0 Å². The van der Waals surface area contributed by atoms with Crippen molar-refractivity contribution in [1.82, 2.24) is 4.90 Å². The zero-order chi connectivity index (χ0) is 16.6. The van der Waals surface area contributed by atoms with Gasteiger partial charge in [0.25, 0.3) is 0 Å². The van der Waals surface area contributed by atoms with Gasteiger partial charge in [-0.05, 0) is 36.0 Å². The Bertz CT molecular complexity index is 437. The zero-order valence-electron chi connectivity index (χ0n) is 14.9. The molecule has 0 saturated heterocycles. The predicted octanol–water partition coefficient (Wildman–Crippen LogP) is 5.42. The summed E-state index contributed by atoms with van der Waals surface area (Å²) in [7, 11) is 0. The standard InChI is InChI=1S/C19H32N2O/c1-6-8-14-21(15-9-7-2)18(22)20-17-12-10-16(11-13-17)19(3,4)5/h10-13H,6-9,14-15H2,1-5H3,(H,20,22). The molecule has 0 heterocycles. The van der Waals surface area contributed by atoms with E-state index in [2.05, 4.69) is 52.1 Å². The number of nitrogens with one attached hydrogen (secondary N) is 1. The first kappa shape index (κ1) is 18.5. The summed E-state index contributed by atoms with van der Waals surface area (Å²) >= 11 is 0. The first-order valence-electron chi connectivity index (χ1n) is 8.55. The lowest BCUT2D eigenvalue weighted by atomic mass is 9.87. The molecular weight excluding hydrogens is 272 g/mol. The minimum atomic E-state index is 0.0189. The molecule has 2 amide bonds. The summed E-state index contributed by atoms with van der Waals surface area (Å²) < 4.78 is 0. The van der Waals surface area contributed by atoms with Gasteiger partial charge in [0.2, 0.25) is 0 Å². The average molecular weight is 304 g/mol. The van der Waals surface area contributed by atoms with Crippen LogP contribution in [0, 0.1) is 0 Å². The van der Waals surface area contributed by atoms with Gasteiger partial charge in [-0.2, -0.15) is 0 Å². The van der Waals surface area contributed by atoms with Crippen LogP contribution in [0.5, 0.6) is 0 Å². The average Bonchev–Trinajstić information content (AvgIpc) is 2.47. The van der Waals surface area contributed by atoms with Gasteiger partial charge in [0, 0.05) is 18.8 Å². The van der Waals surface area contributed by atoms with Crippen LogP contribution >= 0.6 is 0 Å². The summed E-state index contributed by atoms with van der Waals surface area (Å²) in [6.45, 7) is 12.6. The first-order valence-corrected chi connectivity index (χ1v) is 8.55. The number of urea groups is 1. The van der Waals surface area contributed by atoms with Crippen molar-refractivity contribution in [3.63, 3.8) is 0 Å². The lowest BCUT2D eigenvalue weighted by Gasteiger charge is -2.23. The fourth-order valence-electron chi connectivity index (χ4n) is 2.27. The van der Waals surface area contributed by atoms with Crippen LogP contribution in [0.25, 0.3) is 0 Å². The minimum Gasteiger partial charge on any atom is -0.325 e. The monoisotopic (exact) mass is 304 g/mol. The van der Waals surface area contributed by atoms with Gasteiger partial charge in [0.1, 0.15) is 0 Å². The van der Waals surface area contributed by atoms with Crippen molar-refractivity contribution in [3.8, 4) is 0 Å². The third-order valence-electron chi connectivity index (χ3n) is 3.85. The van der Waals surface area contributed by atoms with Gasteiger partial charge >= 0.3 is 6.03 Å². The van der Waals surface area contributed by atoms with Gasteiger partial charge in [-0.15, -0.1) is 0 Å². The molecule has 0 aliphatic carbocycles. The summed E-state index contributed by atoms with van der Waals surface area (Å²) in [5.41, 5.74) is 2.28. The van der Waals surface area contributed by atoms with Gasteiger partial charge in [0.05, 0.1) is 0 Å². The molecule has 0 unspecified atom stereocenters. The van der Waals surface area contributed by atoms with E-state index in [1.165, 1.54) is 5.56 Å². The van der Waals surface area contributed by atoms with Crippen LogP contribution in [0.4, 0.5) is 10.5 Å². The third-order valence-corrected chi connectivity index (χ3v) is 3.85. The molecule has 1 rings (SSSR count). The molecule has 0 atom stereocenters. The van der Waals surface area contributed by atoms with Crippen LogP contribution in [-0.4, -0.2) is 24.0 Å². The summed E-state index contributed by atoms with van der Waals surface area (Å²) in [4.78, 5) is 14.4. The highest BCUT2D eigenvalue weighted by Crippen LogP contribution is 2.23. The highest BCUT2D eigenvalue weighted by Gasteiger charge is 2.15. The Morgan fingerprint density at radius 1 is 1.00 bits per heavy atom. The van der Waals surface area contributed by atoms with E-state index >= 15 is 0 Å². The molecule has 0 aliphatic heterocycles. The number of carbonyl (C=O) groups is 1. The number of nitrogens with zero attached hydrogens (tertiary/aromatic N) is 1. The summed E-state index contributed by atoms with van der Waals surface area (Å²) in [5, 5.41) is 3.03. The number of anilines is 1. The maximum absolute atomic E-state index is 12.4. The van der Waals surface area contributed by atoms with E-state index in [1.54, 1.807) is 0 Å². The fourth-order valence-corrected chi connectivity index (χ4v) is 2.27. The molecular formula is C19H32N2O. The second-order valence-corrected chi connectivity index (χ2v) is 6.95. The Balaban J connectivity index is 2.67.